The molecule has 0 bridgehead atoms. The van der Waals surface area contributed by atoms with Crippen molar-refractivity contribution in [3.63, 3.8) is 0 Å². The van der Waals surface area contributed by atoms with E-state index in [-0.39, 0.29) is 0 Å². The van der Waals surface area contributed by atoms with E-state index in [4.69, 9.17) is 4.74 Å². The van der Waals surface area contributed by atoms with E-state index < -0.39 is 0 Å². The molecule has 0 N–H and O–H groups in total. The molecule has 0 unspecified atom stereocenters. The molecule has 120 valence electrons. The summed E-state index contributed by atoms with van der Waals surface area (Å²) in [7, 11) is 0. The summed E-state index contributed by atoms with van der Waals surface area (Å²) in [4.78, 5) is 4.48. The molecule has 3 rings (SSSR count). The lowest BCUT2D eigenvalue weighted by molar-refractivity contribution is 0.300. The Kier molecular flexibility index (Phi) is 4.37. The summed E-state index contributed by atoms with van der Waals surface area (Å²) in [5.74, 6) is 1.47. The topological polar surface area (TPSA) is 27.1 Å². The van der Waals surface area contributed by atoms with Crippen molar-refractivity contribution in [1.29, 1.82) is 0 Å². The second kappa shape index (κ2) is 6.45. The Hall–Kier alpha value is -2.29. The van der Waals surface area contributed by atoms with E-state index >= 15 is 0 Å². The van der Waals surface area contributed by atoms with Crippen LogP contribution in [0.15, 0.2) is 42.7 Å². The smallest absolute Gasteiger partial charge is 0.119 e. The third kappa shape index (κ3) is 3.39. The van der Waals surface area contributed by atoms with Crippen molar-refractivity contribution in [2.24, 2.45) is 0 Å². The number of hydrogen-bond donors (Lipinski definition) is 0. The molecule has 0 spiro atoms. The van der Waals surface area contributed by atoms with Crippen LogP contribution in [0.2, 0.25) is 0 Å². The summed E-state index contributed by atoms with van der Waals surface area (Å²) in [6.07, 6.45) is 1.90. The molecular weight excluding hydrogens is 284 g/mol. The van der Waals surface area contributed by atoms with Crippen molar-refractivity contribution >= 4 is 11.0 Å². The van der Waals surface area contributed by atoms with Crippen LogP contribution in [-0.4, -0.2) is 16.2 Å². The minimum atomic E-state index is 0.549. The lowest BCUT2D eigenvalue weighted by atomic mass is 10.0. The summed E-state index contributed by atoms with van der Waals surface area (Å²) < 4.78 is 8.03. The predicted octanol–water partition coefficient (Wildman–Crippen LogP) is 4.86. The Balaban J connectivity index is 1.65. The van der Waals surface area contributed by atoms with Crippen LogP contribution in [0.3, 0.4) is 0 Å². The fourth-order valence-corrected chi connectivity index (χ4v) is 2.70. The average molecular weight is 308 g/mol. The van der Waals surface area contributed by atoms with Gasteiger partial charge in [0.15, 0.2) is 0 Å². The van der Waals surface area contributed by atoms with Gasteiger partial charge in [-0.15, -0.1) is 0 Å². The largest absolute Gasteiger partial charge is 0.492 e. The van der Waals surface area contributed by atoms with Gasteiger partial charge in [0.1, 0.15) is 12.4 Å². The number of aryl methyl sites for hydroxylation is 2. The van der Waals surface area contributed by atoms with Gasteiger partial charge in [-0.25, -0.2) is 4.98 Å². The fraction of sp³-hybridized carbons (Fsp3) is 0.350. The standard InChI is InChI=1S/C20H24N2O/c1-14(2)17-5-7-18(8-6-17)23-10-9-22-13-21-19-11-15(3)16(4)12-20(19)22/h5-8,11-14H,9-10H2,1-4H3. The molecular formula is C20H24N2O. The first kappa shape index (κ1) is 15.6. The highest BCUT2D eigenvalue weighted by molar-refractivity contribution is 5.77. The number of nitrogens with zero attached hydrogens (tertiary/aromatic N) is 2. The highest BCUT2D eigenvalue weighted by atomic mass is 16.5. The quantitative estimate of drug-likeness (QED) is 0.673. The first-order valence-electron chi connectivity index (χ1n) is 8.19. The highest BCUT2D eigenvalue weighted by Gasteiger charge is 2.05. The first-order valence-corrected chi connectivity index (χ1v) is 8.19. The van der Waals surface area contributed by atoms with Crippen LogP contribution in [0.4, 0.5) is 0 Å². The van der Waals surface area contributed by atoms with Crippen LogP contribution in [0.5, 0.6) is 5.75 Å². The van der Waals surface area contributed by atoms with E-state index in [2.05, 4.69) is 73.6 Å². The van der Waals surface area contributed by atoms with Crippen LogP contribution in [0.1, 0.15) is 36.5 Å². The van der Waals surface area contributed by atoms with Gasteiger partial charge in [-0.1, -0.05) is 26.0 Å². The molecule has 0 fully saturated rings. The molecule has 3 heteroatoms. The molecule has 3 nitrogen and oxygen atoms in total. The Labute approximate surface area is 137 Å². The van der Waals surface area contributed by atoms with Gasteiger partial charge < -0.3 is 9.30 Å². The normalized spacial score (nSPS) is 11.3. The molecule has 0 aliphatic rings. The zero-order valence-corrected chi connectivity index (χ0v) is 14.3. The predicted molar refractivity (Wildman–Crippen MR) is 95.2 cm³/mol. The maximum absolute atomic E-state index is 5.87. The van der Waals surface area contributed by atoms with E-state index in [1.807, 2.05) is 6.33 Å². The average Bonchev–Trinajstić information content (AvgIpc) is 2.90. The van der Waals surface area contributed by atoms with Gasteiger partial charge >= 0.3 is 0 Å². The molecule has 0 saturated carbocycles. The van der Waals surface area contributed by atoms with Crippen molar-refractivity contribution in [3.8, 4) is 5.75 Å². The molecule has 0 saturated heterocycles. The number of aromatic nitrogens is 2. The van der Waals surface area contributed by atoms with Crippen molar-refractivity contribution in [2.45, 2.75) is 40.2 Å². The maximum atomic E-state index is 5.87. The first-order chi connectivity index (χ1) is 11.0. The van der Waals surface area contributed by atoms with Crippen molar-refractivity contribution < 1.29 is 4.74 Å². The van der Waals surface area contributed by atoms with Gasteiger partial charge in [0, 0.05) is 0 Å². The molecule has 0 aliphatic carbocycles. The monoisotopic (exact) mass is 308 g/mol. The van der Waals surface area contributed by atoms with E-state index in [9.17, 15) is 0 Å². The van der Waals surface area contributed by atoms with Crippen LogP contribution >= 0.6 is 0 Å². The van der Waals surface area contributed by atoms with Gasteiger partial charge in [0.2, 0.25) is 0 Å². The summed E-state index contributed by atoms with van der Waals surface area (Å²) in [6, 6.07) is 12.7. The van der Waals surface area contributed by atoms with Gasteiger partial charge in [-0.05, 0) is 60.7 Å². The molecule has 0 radical (unpaired) electrons. The van der Waals surface area contributed by atoms with Crippen molar-refractivity contribution in [3.05, 3.63) is 59.4 Å². The molecule has 23 heavy (non-hydrogen) atoms. The van der Waals surface area contributed by atoms with E-state index in [1.54, 1.807) is 0 Å². The summed E-state index contributed by atoms with van der Waals surface area (Å²) in [5, 5.41) is 0. The second-order valence-electron chi connectivity index (χ2n) is 6.44. The number of rotatable bonds is 5. The Morgan fingerprint density at radius 1 is 1.04 bits per heavy atom. The van der Waals surface area contributed by atoms with Gasteiger partial charge in [-0.3, -0.25) is 0 Å². The zero-order chi connectivity index (χ0) is 16.4. The third-order valence-corrected chi connectivity index (χ3v) is 4.38. The SMILES string of the molecule is Cc1cc2ncn(CCOc3ccc(C(C)C)cc3)c2cc1C. The van der Waals surface area contributed by atoms with Gasteiger partial charge in [0.25, 0.3) is 0 Å². The van der Waals surface area contributed by atoms with Gasteiger partial charge in [0.05, 0.1) is 23.9 Å². The minimum absolute atomic E-state index is 0.549. The van der Waals surface area contributed by atoms with E-state index in [1.165, 1.54) is 22.2 Å². The number of ether oxygens (including phenoxy) is 1. The van der Waals surface area contributed by atoms with Crippen molar-refractivity contribution in [1.82, 2.24) is 9.55 Å². The van der Waals surface area contributed by atoms with Crippen LogP contribution in [-0.2, 0) is 6.54 Å². The van der Waals surface area contributed by atoms with Gasteiger partial charge in [-0.2, -0.15) is 0 Å². The molecule has 0 aliphatic heterocycles. The molecule has 0 atom stereocenters. The van der Waals surface area contributed by atoms with Crippen molar-refractivity contribution in [2.75, 3.05) is 6.61 Å². The fourth-order valence-electron chi connectivity index (χ4n) is 2.70. The van der Waals surface area contributed by atoms with Crippen LogP contribution in [0, 0.1) is 13.8 Å². The number of fused-ring (bicyclic) bond motifs is 1. The molecule has 1 aromatic heterocycles. The Morgan fingerprint density at radius 3 is 2.43 bits per heavy atom. The van der Waals surface area contributed by atoms with Crippen LogP contribution < -0.4 is 4.74 Å². The lowest BCUT2D eigenvalue weighted by Gasteiger charge is -2.10. The number of hydrogen-bond acceptors (Lipinski definition) is 2. The summed E-state index contributed by atoms with van der Waals surface area (Å²) in [5.41, 5.74) is 6.14. The van der Waals surface area contributed by atoms with E-state index in [0.717, 1.165) is 17.8 Å². The maximum Gasteiger partial charge on any atom is 0.119 e. The molecule has 3 aromatic rings. The van der Waals surface area contributed by atoms with Crippen LogP contribution in [0.25, 0.3) is 11.0 Å². The number of benzene rings is 2. The molecule has 1 heterocycles. The Morgan fingerprint density at radius 2 is 1.74 bits per heavy atom. The molecule has 0 amide bonds. The Bertz CT molecular complexity index is 800. The summed E-state index contributed by atoms with van der Waals surface area (Å²) in [6.45, 7) is 10.1. The minimum Gasteiger partial charge on any atom is -0.492 e. The van der Waals surface area contributed by atoms with E-state index in [0.29, 0.717) is 12.5 Å². The molecule has 2 aromatic carbocycles. The highest BCUT2D eigenvalue weighted by Crippen LogP contribution is 2.20. The summed E-state index contributed by atoms with van der Waals surface area (Å²) >= 11 is 0. The number of imidazole rings is 1. The zero-order valence-electron chi connectivity index (χ0n) is 14.3. The third-order valence-electron chi connectivity index (χ3n) is 4.38. The second-order valence-corrected chi connectivity index (χ2v) is 6.44. The lowest BCUT2D eigenvalue weighted by Crippen LogP contribution is -2.07.